The van der Waals surface area contributed by atoms with Crippen LogP contribution in [0.25, 0.3) is 10.8 Å². The molecule has 3 rings (SSSR count). The lowest BCUT2D eigenvalue weighted by Crippen LogP contribution is -2.30. The van der Waals surface area contributed by atoms with Gasteiger partial charge in [0.25, 0.3) is 10.0 Å². The molecule has 1 heterocycles. The normalized spacial score (nSPS) is 12.8. The molecule has 0 aliphatic rings. The van der Waals surface area contributed by atoms with Gasteiger partial charge in [-0.2, -0.15) is 4.31 Å². The molecule has 0 spiro atoms. The minimum atomic E-state index is -3.47. The molecule has 0 bridgehead atoms. The average molecular weight is 461 g/mol. The van der Waals surface area contributed by atoms with E-state index in [-0.39, 0.29) is 11.8 Å². The first-order valence-corrected chi connectivity index (χ1v) is 12.5. The molecule has 1 amide bonds. The van der Waals surface area contributed by atoms with Crippen molar-refractivity contribution in [3.63, 3.8) is 0 Å². The number of ether oxygens (including phenoxy) is 1. The largest absolute Gasteiger partial charge is 0.497 e. The van der Waals surface area contributed by atoms with Crippen molar-refractivity contribution in [2.45, 2.75) is 37.4 Å². The summed E-state index contributed by atoms with van der Waals surface area (Å²) in [5.41, 5.74) is 0.922. The maximum atomic E-state index is 12.7. The minimum absolute atomic E-state index is 0.102. The molecule has 0 radical (unpaired) electrons. The van der Waals surface area contributed by atoms with E-state index in [0.717, 1.165) is 27.0 Å². The molecular weight excluding hydrogens is 432 g/mol. The molecule has 1 unspecified atom stereocenters. The molecule has 1 aromatic heterocycles. The van der Waals surface area contributed by atoms with Crippen molar-refractivity contribution < 1.29 is 17.9 Å². The molecule has 166 valence electrons. The molecule has 0 saturated heterocycles. The SMILES string of the molecule is CCN(CC)S(=O)(=O)c1ccc(CNC(=O)C(C)c2ccc3cc(OC)ccc3c2)s1. The number of amides is 1. The first-order chi connectivity index (χ1) is 14.8. The Labute approximate surface area is 187 Å². The van der Waals surface area contributed by atoms with E-state index in [2.05, 4.69) is 5.32 Å². The molecule has 1 N–H and O–H groups in total. The van der Waals surface area contributed by atoms with Gasteiger partial charge in [-0.15, -0.1) is 11.3 Å². The Morgan fingerprint density at radius 2 is 1.74 bits per heavy atom. The fourth-order valence-electron chi connectivity index (χ4n) is 3.40. The van der Waals surface area contributed by atoms with Crippen LogP contribution in [0.1, 0.15) is 37.1 Å². The fraction of sp³-hybridized carbons (Fsp3) is 0.348. The van der Waals surface area contributed by atoms with E-state index < -0.39 is 10.0 Å². The standard InChI is InChI=1S/C23H28N2O4S2/c1-5-25(6-2)31(27,28)22-12-11-21(30-22)15-24-23(26)16(3)17-7-8-19-14-20(29-4)10-9-18(19)13-17/h7-14,16H,5-6,15H2,1-4H3,(H,24,26). The van der Waals surface area contributed by atoms with Crippen molar-refractivity contribution in [1.82, 2.24) is 9.62 Å². The zero-order valence-corrected chi connectivity index (χ0v) is 19.8. The molecule has 1 atom stereocenters. The van der Waals surface area contributed by atoms with E-state index in [4.69, 9.17) is 4.74 Å². The summed E-state index contributed by atoms with van der Waals surface area (Å²) >= 11 is 1.20. The molecule has 0 fully saturated rings. The third-order valence-corrected chi connectivity index (χ3v) is 8.94. The maximum absolute atomic E-state index is 12.7. The van der Waals surface area contributed by atoms with Crippen molar-refractivity contribution in [1.29, 1.82) is 0 Å². The lowest BCUT2D eigenvalue weighted by Gasteiger charge is -2.16. The van der Waals surface area contributed by atoms with Gasteiger partial charge in [0.05, 0.1) is 19.6 Å². The van der Waals surface area contributed by atoms with Gasteiger partial charge < -0.3 is 10.1 Å². The van der Waals surface area contributed by atoms with Crippen LogP contribution >= 0.6 is 11.3 Å². The molecule has 2 aromatic carbocycles. The Balaban J connectivity index is 1.67. The predicted molar refractivity (Wildman–Crippen MR) is 125 cm³/mol. The number of methoxy groups -OCH3 is 1. The van der Waals surface area contributed by atoms with Crippen LogP contribution in [0.3, 0.4) is 0 Å². The van der Waals surface area contributed by atoms with Crippen molar-refractivity contribution >= 4 is 38.0 Å². The highest BCUT2D eigenvalue weighted by molar-refractivity contribution is 7.91. The Morgan fingerprint density at radius 3 is 2.42 bits per heavy atom. The van der Waals surface area contributed by atoms with E-state index in [1.54, 1.807) is 19.2 Å². The second-order valence-electron chi connectivity index (χ2n) is 7.22. The summed E-state index contributed by atoms with van der Waals surface area (Å²) < 4.78 is 32.2. The minimum Gasteiger partial charge on any atom is -0.497 e. The monoisotopic (exact) mass is 460 g/mol. The van der Waals surface area contributed by atoms with E-state index in [9.17, 15) is 13.2 Å². The molecule has 8 heteroatoms. The number of fused-ring (bicyclic) bond motifs is 1. The summed E-state index contributed by atoms with van der Waals surface area (Å²) in [6, 6.07) is 15.2. The average Bonchev–Trinajstić information content (AvgIpc) is 3.27. The van der Waals surface area contributed by atoms with Gasteiger partial charge in [0.2, 0.25) is 5.91 Å². The number of sulfonamides is 1. The van der Waals surface area contributed by atoms with Crippen molar-refractivity contribution in [3.8, 4) is 5.75 Å². The highest BCUT2D eigenvalue weighted by atomic mass is 32.2. The van der Waals surface area contributed by atoms with Gasteiger partial charge in [-0.05, 0) is 47.5 Å². The summed E-state index contributed by atoms with van der Waals surface area (Å²) in [4.78, 5) is 13.5. The Hall–Kier alpha value is -2.42. The highest BCUT2D eigenvalue weighted by Crippen LogP contribution is 2.27. The molecule has 0 aliphatic carbocycles. The van der Waals surface area contributed by atoms with Crippen LogP contribution in [0.5, 0.6) is 5.75 Å². The predicted octanol–water partition coefficient (Wildman–Crippen LogP) is 4.36. The number of thiophene rings is 1. The summed E-state index contributed by atoms with van der Waals surface area (Å²) in [5, 5.41) is 5.02. The maximum Gasteiger partial charge on any atom is 0.252 e. The second kappa shape index (κ2) is 9.80. The highest BCUT2D eigenvalue weighted by Gasteiger charge is 2.23. The molecular formula is C23H28N2O4S2. The van der Waals surface area contributed by atoms with Gasteiger partial charge in [0, 0.05) is 18.0 Å². The topological polar surface area (TPSA) is 75.7 Å². The third kappa shape index (κ3) is 5.08. The van der Waals surface area contributed by atoms with Crippen LogP contribution in [0.4, 0.5) is 0 Å². The Bertz CT molecular complexity index is 1170. The lowest BCUT2D eigenvalue weighted by atomic mass is 9.97. The van der Waals surface area contributed by atoms with Crippen LogP contribution in [0, 0.1) is 0 Å². The van der Waals surface area contributed by atoms with Crippen molar-refractivity contribution in [3.05, 3.63) is 59.0 Å². The van der Waals surface area contributed by atoms with E-state index in [0.29, 0.717) is 23.8 Å². The zero-order valence-electron chi connectivity index (χ0n) is 18.2. The van der Waals surface area contributed by atoms with Gasteiger partial charge in [-0.25, -0.2) is 8.42 Å². The first kappa shape index (κ1) is 23.2. The van der Waals surface area contributed by atoms with Gasteiger partial charge >= 0.3 is 0 Å². The van der Waals surface area contributed by atoms with Gasteiger partial charge in [0.15, 0.2) is 0 Å². The quantitative estimate of drug-likeness (QED) is 0.515. The number of nitrogens with one attached hydrogen (secondary N) is 1. The number of hydrogen-bond acceptors (Lipinski definition) is 5. The second-order valence-corrected chi connectivity index (χ2v) is 10.6. The van der Waals surface area contributed by atoms with Crippen LogP contribution < -0.4 is 10.1 Å². The van der Waals surface area contributed by atoms with Crippen LogP contribution in [0.2, 0.25) is 0 Å². The zero-order chi connectivity index (χ0) is 22.6. The Kier molecular flexibility index (Phi) is 7.35. The van der Waals surface area contributed by atoms with Gasteiger partial charge in [-0.3, -0.25) is 4.79 Å². The summed E-state index contributed by atoms with van der Waals surface area (Å²) in [5.74, 6) is 0.365. The van der Waals surface area contributed by atoms with Crippen LogP contribution in [-0.4, -0.2) is 38.8 Å². The first-order valence-electron chi connectivity index (χ1n) is 10.2. The van der Waals surface area contributed by atoms with E-state index >= 15 is 0 Å². The molecule has 3 aromatic rings. The number of hydrogen-bond donors (Lipinski definition) is 1. The summed E-state index contributed by atoms with van der Waals surface area (Å²) in [7, 11) is -1.84. The molecule has 31 heavy (non-hydrogen) atoms. The number of rotatable bonds is 9. The van der Waals surface area contributed by atoms with E-state index in [1.165, 1.54) is 15.6 Å². The molecule has 6 nitrogen and oxygen atoms in total. The molecule has 0 aliphatic heterocycles. The van der Waals surface area contributed by atoms with Gasteiger partial charge in [-0.1, -0.05) is 38.1 Å². The fourth-order valence-corrected chi connectivity index (χ4v) is 6.31. The molecule has 0 saturated carbocycles. The third-order valence-electron chi connectivity index (χ3n) is 5.34. The van der Waals surface area contributed by atoms with Crippen molar-refractivity contribution in [2.24, 2.45) is 0 Å². The Morgan fingerprint density at radius 1 is 1.06 bits per heavy atom. The van der Waals surface area contributed by atoms with E-state index in [1.807, 2.05) is 57.2 Å². The van der Waals surface area contributed by atoms with Crippen LogP contribution in [0.15, 0.2) is 52.7 Å². The number of nitrogens with zero attached hydrogens (tertiary/aromatic N) is 1. The lowest BCUT2D eigenvalue weighted by molar-refractivity contribution is -0.122. The van der Waals surface area contributed by atoms with Gasteiger partial charge in [0.1, 0.15) is 9.96 Å². The van der Waals surface area contributed by atoms with Crippen molar-refractivity contribution in [2.75, 3.05) is 20.2 Å². The number of carbonyl (C=O) groups is 1. The summed E-state index contributed by atoms with van der Waals surface area (Å²) in [6.07, 6.45) is 0. The smallest absolute Gasteiger partial charge is 0.252 e. The number of carbonyl (C=O) groups excluding carboxylic acids is 1. The summed E-state index contributed by atoms with van der Waals surface area (Å²) in [6.45, 7) is 6.66. The number of benzene rings is 2. The van der Waals surface area contributed by atoms with Crippen LogP contribution in [-0.2, 0) is 21.4 Å².